The van der Waals surface area contributed by atoms with Gasteiger partial charge in [-0.25, -0.2) is 4.79 Å². The Bertz CT molecular complexity index is 600. The zero-order valence-electron chi connectivity index (χ0n) is 10.8. The minimum atomic E-state index is -0.885. The Hall–Kier alpha value is -2.22. The summed E-state index contributed by atoms with van der Waals surface area (Å²) in [5, 5.41) is 3.05. The van der Waals surface area contributed by atoms with Crippen LogP contribution in [0.1, 0.15) is 23.2 Å². The predicted molar refractivity (Wildman–Crippen MR) is 75.4 cm³/mol. The number of rotatable bonds is 4. The van der Waals surface area contributed by atoms with Gasteiger partial charge in [0.05, 0.1) is 16.6 Å². The first-order chi connectivity index (χ1) is 10.0. The van der Waals surface area contributed by atoms with E-state index in [9.17, 15) is 19.2 Å². The summed E-state index contributed by atoms with van der Waals surface area (Å²) in [6.07, 6.45) is 0.0438. The van der Waals surface area contributed by atoms with Crippen molar-refractivity contribution < 1.29 is 24.0 Å². The molecule has 0 spiro atoms. The van der Waals surface area contributed by atoms with E-state index in [1.807, 2.05) is 0 Å². The molecule has 1 aromatic rings. The molecule has 0 aliphatic carbocycles. The van der Waals surface area contributed by atoms with Crippen molar-refractivity contribution in [3.8, 4) is 0 Å². The molecule has 1 aliphatic rings. The van der Waals surface area contributed by atoms with Crippen LogP contribution in [0.3, 0.4) is 0 Å². The fourth-order valence-corrected chi connectivity index (χ4v) is 1.88. The molecule has 0 radical (unpaired) electrons. The van der Waals surface area contributed by atoms with E-state index in [2.05, 4.69) is 21.2 Å². The topological polar surface area (TPSA) is 92.8 Å². The van der Waals surface area contributed by atoms with Crippen LogP contribution < -0.4 is 5.32 Å². The van der Waals surface area contributed by atoms with Crippen LogP contribution in [-0.4, -0.2) is 34.1 Å². The summed E-state index contributed by atoms with van der Waals surface area (Å²) in [5.41, 5.74) is 0.297. The Morgan fingerprint density at radius 3 is 2.43 bits per heavy atom. The average molecular weight is 355 g/mol. The smallest absolute Gasteiger partial charge is 0.325 e. The van der Waals surface area contributed by atoms with E-state index in [-0.39, 0.29) is 35.3 Å². The van der Waals surface area contributed by atoms with Gasteiger partial charge in [0.1, 0.15) is 0 Å². The zero-order chi connectivity index (χ0) is 15.4. The van der Waals surface area contributed by atoms with E-state index < -0.39 is 17.8 Å². The number of hydroxylamine groups is 2. The molecule has 2 rings (SSSR count). The molecular weight excluding hydrogens is 344 g/mol. The molecule has 21 heavy (non-hydrogen) atoms. The van der Waals surface area contributed by atoms with Crippen LogP contribution in [0.15, 0.2) is 24.3 Å². The quantitative estimate of drug-likeness (QED) is 0.648. The standard InChI is InChI=1S/C13H11BrN2O5/c14-7-10(17)15-9-4-2-1-3-8(9)13(20)21-16-11(18)5-6-12(16)19/h1-4H,5-7H2,(H,15,17). The second-order valence-corrected chi connectivity index (χ2v) is 4.75. The Morgan fingerprint density at radius 1 is 1.19 bits per heavy atom. The fraction of sp³-hybridized carbons (Fsp3) is 0.231. The van der Waals surface area contributed by atoms with Crippen molar-refractivity contribution in [3.63, 3.8) is 0 Å². The van der Waals surface area contributed by atoms with Gasteiger partial charge in [0.25, 0.3) is 11.8 Å². The molecule has 0 bridgehead atoms. The van der Waals surface area contributed by atoms with Gasteiger partial charge in [-0.1, -0.05) is 28.1 Å². The number of imide groups is 1. The average Bonchev–Trinajstić information content (AvgIpc) is 2.79. The number of halogens is 1. The van der Waals surface area contributed by atoms with E-state index in [1.54, 1.807) is 12.1 Å². The number of amides is 3. The maximum Gasteiger partial charge on any atom is 0.366 e. The highest BCUT2D eigenvalue weighted by atomic mass is 79.9. The Morgan fingerprint density at radius 2 is 1.81 bits per heavy atom. The lowest BCUT2D eigenvalue weighted by atomic mass is 10.2. The molecule has 1 heterocycles. The number of hydrogen-bond donors (Lipinski definition) is 1. The van der Waals surface area contributed by atoms with Crippen LogP contribution in [0.5, 0.6) is 0 Å². The minimum Gasteiger partial charge on any atom is -0.325 e. The third kappa shape index (κ3) is 3.46. The summed E-state index contributed by atoms with van der Waals surface area (Å²) in [6.45, 7) is 0. The summed E-state index contributed by atoms with van der Waals surface area (Å²) >= 11 is 2.99. The van der Waals surface area contributed by atoms with Crippen LogP contribution in [-0.2, 0) is 19.2 Å². The van der Waals surface area contributed by atoms with Crippen molar-refractivity contribution >= 4 is 45.3 Å². The number of carbonyl (C=O) groups excluding carboxylic acids is 4. The largest absolute Gasteiger partial charge is 0.366 e. The molecule has 0 aromatic heterocycles. The van der Waals surface area contributed by atoms with E-state index in [4.69, 9.17) is 4.84 Å². The maximum absolute atomic E-state index is 12.1. The lowest BCUT2D eigenvalue weighted by molar-refractivity contribution is -0.172. The van der Waals surface area contributed by atoms with E-state index in [1.165, 1.54) is 12.1 Å². The number of anilines is 1. The third-order valence-electron chi connectivity index (χ3n) is 2.72. The number of hydrogen-bond acceptors (Lipinski definition) is 5. The van der Waals surface area contributed by atoms with E-state index in [0.29, 0.717) is 5.06 Å². The summed E-state index contributed by atoms with van der Waals surface area (Å²) in [5.74, 6) is -2.35. The summed E-state index contributed by atoms with van der Waals surface area (Å²) in [6, 6.07) is 6.16. The first-order valence-corrected chi connectivity index (χ1v) is 7.18. The van der Waals surface area contributed by atoms with Gasteiger partial charge in [-0.15, -0.1) is 5.06 Å². The number of alkyl halides is 1. The van der Waals surface area contributed by atoms with Crippen molar-refractivity contribution in [2.45, 2.75) is 12.8 Å². The van der Waals surface area contributed by atoms with Crippen molar-refractivity contribution in [2.24, 2.45) is 0 Å². The van der Waals surface area contributed by atoms with Crippen molar-refractivity contribution in [3.05, 3.63) is 29.8 Å². The highest BCUT2D eigenvalue weighted by Gasteiger charge is 2.33. The lowest BCUT2D eigenvalue weighted by Crippen LogP contribution is -2.32. The van der Waals surface area contributed by atoms with Crippen molar-refractivity contribution in [2.75, 3.05) is 10.6 Å². The fourth-order valence-electron chi connectivity index (χ4n) is 1.74. The van der Waals surface area contributed by atoms with Crippen LogP contribution in [0.2, 0.25) is 0 Å². The van der Waals surface area contributed by atoms with Crippen LogP contribution in [0, 0.1) is 0 Å². The molecule has 8 heteroatoms. The summed E-state index contributed by atoms with van der Waals surface area (Å²) in [7, 11) is 0. The van der Waals surface area contributed by atoms with Gasteiger partial charge in [-0.2, -0.15) is 0 Å². The van der Waals surface area contributed by atoms with Gasteiger partial charge < -0.3 is 10.2 Å². The van der Waals surface area contributed by atoms with Crippen LogP contribution in [0.25, 0.3) is 0 Å². The van der Waals surface area contributed by atoms with Crippen molar-refractivity contribution in [1.82, 2.24) is 5.06 Å². The number of benzene rings is 1. The monoisotopic (exact) mass is 354 g/mol. The summed E-state index contributed by atoms with van der Waals surface area (Å²) in [4.78, 5) is 51.1. The molecule has 110 valence electrons. The Kier molecular flexibility index (Phi) is 4.69. The Balaban J connectivity index is 2.17. The highest BCUT2D eigenvalue weighted by Crippen LogP contribution is 2.19. The SMILES string of the molecule is O=C(CBr)Nc1ccccc1C(=O)ON1C(=O)CCC1=O. The normalized spacial score (nSPS) is 14.2. The van der Waals surface area contributed by atoms with E-state index in [0.717, 1.165) is 0 Å². The molecule has 0 unspecified atom stereocenters. The lowest BCUT2D eigenvalue weighted by Gasteiger charge is -2.14. The van der Waals surface area contributed by atoms with Gasteiger partial charge in [0.15, 0.2) is 0 Å². The van der Waals surface area contributed by atoms with Crippen LogP contribution in [0.4, 0.5) is 5.69 Å². The van der Waals surface area contributed by atoms with Gasteiger partial charge in [0.2, 0.25) is 5.91 Å². The second-order valence-electron chi connectivity index (χ2n) is 4.19. The minimum absolute atomic E-state index is 0.0219. The summed E-state index contributed by atoms with van der Waals surface area (Å²) < 4.78 is 0. The molecular formula is C13H11BrN2O5. The molecule has 3 amide bonds. The first kappa shape index (κ1) is 15.2. The number of nitrogens with one attached hydrogen (secondary N) is 1. The third-order valence-corrected chi connectivity index (χ3v) is 3.23. The maximum atomic E-state index is 12.1. The van der Waals surface area contributed by atoms with Crippen LogP contribution >= 0.6 is 15.9 Å². The zero-order valence-corrected chi connectivity index (χ0v) is 12.4. The van der Waals surface area contributed by atoms with E-state index >= 15 is 0 Å². The van der Waals surface area contributed by atoms with Gasteiger partial charge in [0, 0.05) is 12.8 Å². The number of carbonyl (C=O) groups is 4. The molecule has 7 nitrogen and oxygen atoms in total. The Labute approximate surface area is 128 Å². The number of para-hydroxylation sites is 1. The van der Waals surface area contributed by atoms with Gasteiger partial charge in [-0.05, 0) is 12.1 Å². The first-order valence-electron chi connectivity index (χ1n) is 6.06. The molecule has 0 saturated carbocycles. The molecule has 1 saturated heterocycles. The molecule has 1 N–H and O–H groups in total. The molecule has 1 fully saturated rings. The predicted octanol–water partition coefficient (Wildman–Crippen LogP) is 1.24. The van der Waals surface area contributed by atoms with Gasteiger partial charge >= 0.3 is 5.97 Å². The molecule has 1 aliphatic heterocycles. The highest BCUT2D eigenvalue weighted by molar-refractivity contribution is 9.09. The molecule has 0 atom stereocenters. The number of nitrogens with zero attached hydrogens (tertiary/aromatic N) is 1. The second kappa shape index (κ2) is 6.49. The van der Waals surface area contributed by atoms with Gasteiger partial charge in [-0.3, -0.25) is 14.4 Å². The van der Waals surface area contributed by atoms with Crippen molar-refractivity contribution in [1.29, 1.82) is 0 Å². The molecule has 1 aromatic carbocycles.